The molecule has 9 heteroatoms. The van der Waals surface area contributed by atoms with Gasteiger partial charge in [-0.1, -0.05) is 12.1 Å². The number of fused-ring (bicyclic) bond motifs is 2. The Morgan fingerprint density at radius 2 is 2.00 bits per heavy atom. The first kappa shape index (κ1) is 18.6. The van der Waals surface area contributed by atoms with E-state index in [2.05, 4.69) is 54.8 Å². The van der Waals surface area contributed by atoms with E-state index in [-0.39, 0.29) is 0 Å². The molecule has 1 spiro atoms. The number of rotatable bonds is 4. The van der Waals surface area contributed by atoms with Crippen molar-refractivity contribution in [2.75, 3.05) is 36.5 Å². The zero-order valence-electron chi connectivity index (χ0n) is 17.9. The van der Waals surface area contributed by atoms with Crippen molar-refractivity contribution in [3.05, 3.63) is 61.2 Å². The van der Waals surface area contributed by atoms with E-state index in [1.807, 2.05) is 30.6 Å². The monoisotopic (exact) mass is 438 g/mol. The van der Waals surface area contributed by atoms with E-state index >= 15 is 0 Å². The van der Waals surface area contributed by atoms with Crippen LogP contribution >= 0.6 is 0 Å². The summed E-state index contributed by atoms with van der Waals surface area (Å²) in [5.74, 6) is 0.661. The van der Waals surface area contributed by atoms with E-state index in [1.54, 1.807) is 10.8 Å². The van der Waals surface area contributed by atoms with Crippen molar-refractivity contribution >= 4 is 33.7 Å². The second-order valence-electron chi connectivity index (χ2n) is 9.01. The highest BCUT2D eigenvalue weighted by Gasteiger charge is 2.44. The minimum absolute atomic E-state index is 0.375. The Bertz CT molecular complexity index is 1470. The third-order valence-electron chi connectivity index (χ3n) is 6.75. The first-order chi connectivity index (χ1) is 16.2. The highest BCUT2D eigenvalue weighted by molar-refractivity contribution is 5.83. The van der Waals surface area contributed by atoms with Gasteiger partial charge in [0.2, 0.25) is 0 Å². The van der Waals surface area contributed by atoms with Crippen molar-refractivity contribution in [3.63, 3.8) is 0 Å². The summed E-state index contributed by atoms with van der Waals surface area (Å²) < 4.78 is 7.21. The minimum atomic E-state index is 0.375. The van der Waals surface area contributed by atoms with Crippen LogP contribution in [0.5, 0.6) is 0 Å². The molecular weight excluding hydrogens is 416 g/mol. The standard InChI is InChI=1S/C24H22N8O/c1-2-17-10-26-30-20(17)9-16(1)21-11-32-23(25-15-27-32)22(29-21)28-18-3-5-19(6-4-18)31-8-7-24(12-31)13-33-14-24/h1-6,9-11,15H,7-8,12-14H2,(H,26,30)(H,28,29). The van der Waals surface area contributed by atoms with Crippen molar-refractivity contribution in [2.45, 2.75) is 6.42 Å². The number of anilines is 3. The molecule has 0 aliphatic carbocycles. The van der Waals surface area contributed by atoms with Crippen molar-refractivity contribution in [3.8, 4) is 11.3 Å². The van der Waals surface area contributed by atoms with Crippen LogP contribution in [0.4, 0.5) is 17.2 Å². The van der Waals surface area contributed by atoms with Crippen molar-refractivity contribution in [2.24, 2.45) is 5.41 Å². The highest BCUT2D eigenvalue weighted by atomic mass is 16.5. The smallest absolute Gasteiger partial charge is 0.198 e. The van der Waals surface area contributed by atoms with Gasteiger partial charge in [-0.05, 0) is 36.8 Å². The van der Waals surface area contributed by atoms with Gasteiger partial charge in [-0.2, -0.15) is 10.2 Å². The first-order valence-electron chi connectivity index (χ1n) is 11.1. The number of hydrogen-bond acceptors (Lipinski definition) is 7. The van der Waals surface area contributed by atoms with Crippen LogP contribution in [-0.4, -0.2) is 56.1 Å². The molecule has 0 bridgehead atoms. The van der Waals surface area contributed by atoms with E-state index in [0.29, 0.717) is 16.9 Å². The fourth-order valence-electron chi connectivity index (χ4n) is 4.82. The molecular formula is C24H22N8O. The van der Waals surface area contributed by atoms with Gasteiger partial charge in [0, 0.05) is 40.8 Å². The van der Waals surface area contributed by atoms with Crippen molar-refractivity contribution in [1.82, 2.24) is 29.8 Å². The first-order valence-corrected chi connectivity index (χ1v) is 11.1. The molecule has 3 aromatic heterocycles. The van der Waals surface area contributed by atoms with E-state index in [0.717, 1.165) is 54.2 Å². The maximum Gasteiger partial charge on any atom is 0.198 e. The summed E-state index contributed by atoms with van der Waals surface area (Å²) in [7, 11) is 0. The third kappa shape index (κ3) is 3.12. The number of ether oxygens (including phenoxy) is 1. The van der Waals surface area contributed by atoms with Crippen LogP contribution in [0.3, 0.4) is 0 Å². The molecule has 2 saturated heterocycles. The molecule has 2 aromatic carbocycles. The SMILES string of the molecule is c1nc2c(Nc3ccc(N4CCC5(COC5)C4)cc3)nc(-c3ccc4cn[nH]c4c3)cn2n1. The lowest BCUT2D eigenvalue weighted by Crippen LogP contribution is -2.44. The summed E-state index contributed by atoms with van der Waals surface area (Å²) in [5.41, 5.74) is 6.00. The summed E-state index contributed by atoms with van der Waals surface area (Å²) in [4.78, 5) is 11.7. The second-order valence-corrected chi connectivity index (χ2v) is 9.01. The molecule has 9 nitrogen and oxygen atoms in total. The number of aromatic amines is 1. The predicted octanol–water partition coefficient (Wildman–Crippen LogP) is 3.64. The van der Waals surface area contributed by atoms with Crippen molar-refractivity contribution < 1.29 is 4.74 Å². The fraction of sp³-hybridized carbons (Fsp3) is 0.250. The lowest BCUT2D eigenvalue weighted by molar-refractivity contribution is -0.0985. The Morgan fingerprint density at radius 3 is 2.82 bits per heavy atom. The summed E-state index contributed by atoms with van der Waals surface area (Å²) >= 11 is 0. The molecule has 0 amide bonds. The molecule has 0 unspecified atom stereocenters. The van der Waals surface area contributed by atoms with Gasteiger partial charge in [0.15, 0.2) is 11.5 Å². The number of H-pyrrole nitrogens is 1. The fourth-order valence-corrected chi connectivity index (χ4v) is 4.82. The Hall–Kier alpha value is -3.98. The number of nitrogens with zero attached hydrogens (tertiary/aromatic N) is 6. The van der Waals surface area contributed by atoms with Gasteiger partial charge in [0.1, 0.15) is 6.33 Å². The second kappa shape index (κ2) is 7.01. The predicted molar refractivity (Wildman–Crippen MR) is 126 cm³/mol. The van der Waals surface area contributed by atoms with Gasteiger partial charge in [0.05, 0.1) is 36.8 Å². The molecule has 0 atom stereocenters. The lowest BCUT2D eigenvalue weighted by atomic mass is 9.85. The quantitative estimate of drug-likeness (QED) is 0.442. The molecule has 2 fully saturated rings. The highest BCUT2D eigenvalue weighted by Crippen LogP contribution is 2.39. The molecule has 5 heterocycles. The molecule has 0 saturated carbocycles. The average molecular weight is 438 g/mol. The summed E-state index contributed by atoms with van der Waals surface area (Å²) in [6, 6.07) is 14.6. The molecule has 33 heavy (non-hydrogen) atoms. The Kier molecular flexibility index (Phi) is 3.95. The van der Waals surface area contributed by atoms with Gasteiger partial charge in [-0.15, -0.1) is 0 Å². The van der Waals surface area contributed by atoms with Crippen LogP contribution in [-0.2, 0) is 4.74 Å². The van der Waals surface area contributed by atoms with Crippen LogP contribution in [0.1, 0.15) is 6.42 Å². The topological polar surface area (TPSA) is 96.3 Å². The average Bonchev–Trinajstić information content (AvgIpc) is 3.57. The van der Waals surface area contributed by atoms with Crippen LogP contribution in [0.15, 0.2) is 61.2 Å². The molecule has 7 rings (SSSR count). The summed E-state index contributed by atoms with van der Waals surface area (Å²) in [6.45, 7) is 3.95. The number of nitrogens with one attached hydrogen (secondary N) is 2. The largest absolute Gasteiger partial charge is 0.380 e. The molecule has 2 aliphatic heterocycles. The van der Waals surface area contributed by atoms with E-state index < -0.39 is 0 Å². The maximum atomic E-state index is 5.46. The Balaban J connectivity index is 1.18. The Morgan fingerprint density at radius 1 is 1.09 bits per heavy atom. The maximum absolute atomic E-state index is 5.46. The van der Waals surface area contributed by atoms with Crippen LogP contribution in [0.25, 0.3) is 27.8 Å². The Labute approximate surface area is 189 Å². The van der Waals surface area contributed by atoms with E-state index in [1.165, 1.54) is 12.1 Å². The zero-order chi connectivity index (χ0) is 21.8. The molecule has 5 aromatic rings. The number of hydrogen-bond donors (Lipinski definition) is 2. The van der Waals surface area contributed by atoms with Gasteiger partial charge < -0.3 is 15.0 Å². The number of benzene rings is 2. The molecule has 0 radical (unpaired) electrons. The van der Waals surface area contributed by atoms with Gasteiger partial charge >= 0.3 is 0 Å². The lowest BCUT2D eigenvalue weighted by Gasteiger charge is -2.37. The van der Waals surface area contributed by atoms with E-state index in [9.17, 15) is 0 Å². The van der Waals surface area contributed by atoms with Gasteiger partial charge in [0.25, 0.3) is 0 Å². The molecule has 2 N–H and O–H groups in total. The zero-order valence-corrected chi connectivity index (χ0v) is 17.9. The molecule has 164 valence electrons. The number of aromatic nitrogens is 6. The summed E-state index contributed by atoms with van der Waals surface area (Å²) in [6.07, 6.45) is 6.45. The summed E-state index contributed by atoms with van der Waals surface area (Å²) in [5, 5.41) is 16.0. The van der Waals surface area contributed by atoms with E-state index in [4.69, 9.17) is 9.72 Å². The molecule has 2 aliphatic rings. The van der Waals surface area contributed by atoms with Crippen LogP contribution in [0.2, 0.25) is 0 Å². The third-order valence-corrected chi connectivity index (χ3v) is 6.75. The van der Waals surface area contributed by atoms with Crippen LogP contribution < -0.4 is 10.2 Å². The van der Waals surface area contributed by atoms with Gasteiger partial charge in [-0.25, -0.2) is 14.5 Å². The van der Waals surface area contributed by atoms with Gasteiger partial charge in [-0.3, -0.25) is 5.10 Å². The van der Waals surface area contributed by atoms with Crippen molar-refractivity contribution in [1.29, 1.82) is 0 Å². The normalized spacial score (nSPS) is 17.2. The minimum Gasteiger partial charge on any atom is -0.380 e. The van der Waals surface area contributed by atoms with Crippen LogP contribution in [0, 0.1) is 5.41 Å².